The Bertz CT molecular complexity index is 746. The molecule has 20 heavy (non-hydrogen) atoms. The summed E-state index contributed by atoms with van der Waals surface area (Å²) < 4.78 is 2.14. The molecule has 0 aliphatic rings. The molecule has 0 saturated carbocycles. The van der Waals surface area contributed by atoms with Crippen molar-refractivity contribution in [3.8, 4) is 5.69 Å². The summed E-state index contributed by atoms with van der Waals surface area (Å²) in [4.78, 5) is 6.68. The lowest BCUT2D eigenvalue weighted by Crippen LogP contribution is -2.30. The predicted molar refractivity (Wildman–Crippen MR) is 82.3 cm³/mol. The quantitative estimate of drug-likeness (QED) is 0.663. The number of rotatable bonds is 2. The fraction of sp³-hybridized carbons (Fsp3) is 0.176. The number of para-hydroxylation sites is 1. The molecule has 0 spiro atoms. The van der Waals surface area contributed by atoms with Gasteiger partial charge in [-0.1, -0.05) is 12.1 Å². The van der Waals surface area contributed by atoms with E-state index in [1.165, 1.54) is 16.8 Å². The summed E-state index contributed by atoms with van der Waals surface area (Å²) in [6.45, 7) is 2.03. The van der Waals surface area contributed by atoms with Crippen molar-refractivity contribution in [2.75, 3.05) is 19.0 Å². The Morgan fingerprint density at radius 3 is 2.40 bits per heavy atom. The van der Waals surface area contributed by atoms with Gasteiger partial charge < -0.3 is 4.90 Å². The highest BCUT2D eigenvalue weighted by Crippen LogP contribution is 2.18. The average Bonchev–Trinajstić information content (AvgIpc) is 2.46. The molecule has 0 atom stereocenters. The minimum absolute atomic E-state index is 1.03. The molecule has 100 valence electrons. The number of aromatic nitrogens is 2. The van der Waals surface area contributed by atoms with E-state index in [2.05, 4.69) is 63.2 Å². The fourth-order valence-electron chi connectivity index (χ4n) is 2.38. The first-order chi connectivity index (χ1) is 9.65. The number of aryl methyl sites for hydroxylation is 1. The van der Waals surface area contributed by atoms with Gasteiger partial charge in [0.2, 0.25) is 5.69 Å². The molecule has 3 rings (SSSR count). The first-order valence-corrected chi connectivity index (χ1v) is 6.70. The van der Waals surface area contributed by atoms with Crippen molar-refractivity contribution < 1.29 is 4.57 Å². The normalized spacial score (nSPS) is 10.8. The van der Waals surface area contributed by atoms with Gasteiger partial charge in [-0.25, -0.2) is 0 Å². The van der Waals surface area contributed by atoms with E-state index in [9.17, 15) is 0 Å². The average molecular weight is 264 g/mol. The van der Waals surface area contributed by atoms with Crippen LogP contribution in [0.2, 0.25) is 0 Å². The minimum Gasteiger partial charge on any atom is -0.377 e. The lowest BCUT2D eigenvalue weighted by Gasteiger charge is -2.10. The topological polar surface area (TPSA) is 20.0 Å². The molecule has 0 aliphatic heterocycles. The van der Waals surface area contributed by atoms with Crippen molar-refractivity contribution >= 4 is 16.6 Å². The SMILES string of the molecule is Cc1cc(-[n+]2ccc(N(C)C)cc2)c2ccccc2n1. The highest BCUT2D eigenvalue weighted by molar-refractivity contribution is 5.85. The number of benzene rings is 1. The Morgan fingerprint density at radius 2 is 1.70 bits per heavy atom. The van der Waals surface area contributed by atoms with Crippen LogP contribution in [-0.4, -0.2) is 19.1 Å². The summed E-state index contributed by atoms with van der Waals surface area (Å²) in [6.07, 6.45) is 4.19. The summed E-state index contributed by atoms with van der Waals surface area (Å²) in [6, 6.07) is 14.6. The molecular weight excluding hydrogens is 246 g/mol. The highest BCUT2D eigenvalue weighted by Gasteiger charge is 2.12. The molecule has 0 aliphatic carbocycles. The standard InChI is InChI=1S/C17H18N3/c1-13-12-17(15-6-4-5-7-16(15)18-13)20-10-8-14(9-11-20)19(2)3/h4-12H,1-3H3/q+1. The van der Waals surface area contributed by atoms with Crippen LogP contribution >= 0.6 is 0 Å². The Morgan fingerprint density at radius 1 is 1.00 bits per heavy atom. The van der Waals surface area contributed by atoms with Gasteiger partial charge in [0.25, 0.3) is 0 Å². The van der Waals surface area contributed by atoms with Crippen molar-refractivity contribution in [2.45, 2.75) is 6.92 Å². The summed E-state index contributed by atoms with van der Waals surface area (Å²) in [5.41, 5.74) is 4.42. The van der Waals surface area contributed by atoms with E-state index in [-0.39, 0.29) is 0 Å². The van der Waals surface area contributed by atoms with Crippen LogP contribution in [0, 0.1) is 6.92 Å². The van der Waals surface area contributed by atoms with Crippen LogP contribution in [0.1, 0.15) is 5.69 Å². The second kappa shape index (κ2) is 4.93. The molecule has 3 aromatic rings. The summed E-state index contributed by atoms with van der Waals surface area (Å²) in [5, 5.41) is 1.17. The lowest BCUT2D eigenvalue weighted by molar-refractivity contribution is -0.594. The number of pyridine rings is 2. The first-order valence-electron chi connectivity index (χ1n) is 6.70. The number of fused-ring (bicyclic) bond motifs is 1. The summed E-state index contributed by atoms with van der Waals surface area (Å²) in [7, 11) is 4.09. The van der Waals surface area contributed by atoms with E-state index in [0.717, 1.165) is 11.2 Å². The molecule has 3 nitrogen and oxygen atoms in total. The van der Waals surface area contributed by atoms with Gasteiger partial charge in [-0.15, -0.1) is 0 Å². The van der Waals surface area contributed by atoms with Crippen molar-refractivity contribution in [3.63, 3.8) is 0 Å². The smallest absolute Gasteiger partial charge is 0.221 e. The minimum atomic E-state index is 1.03. The number of nitrogens with zero attached hydrogens (tertiary/aromatic N) is 3. The van der Waals surface area contributed by atoms with Gasteiger partial charge in [-0.2, -0.15) is 4.57 Å². The predicted octanol–water partition coefficient (Wildman–Crippen LogP) is 2.89. The monoisotopic (exact) mass is 264 g/mol. The van der Waals surface area contributed by atoms with Gasteiger partial charge >= 0.3 is 0 Å². The van der Waals surface area contributed by atoms with E-state index in [1.54, 1.807) is 0 Å². The van der Waals surface area contributed by atoms with Crippen LogP contribution in [0.15, 0.2) is 54.9 Å². The van der Waals surface area contributed by atoms with E-state index in [0.29, 0.717) is 0 Å². The molecule has 0 fully saturated rings. The van der Waals surface area contributed by atoms with Crippen molar-refractivity contribution in [1.29, 1.82) is 0 Å². The molecular formula is C17H18N3+. The number of hydrogen-bond acceptors (Lipinski definition) is 2. The van der Waals surface area contributed by atoms with E-state index in [1.807, 2.05) is 27.1 Å². The van der Waals surface area contributed by atoms with Crippen LogP contribution in [-0.2, 0) is 0 Å². The molecule has 0 amide bonds. The third-order valence-corrected chi connectivity index (χ3v) is 3.43. The second-order valence-corrected chi connectivity index (χ2v) is 5.16. The molecule has 2 aromatic heterocycles. The zero-order chi connectivity index (χ0) is 14.1. The molecule has 3 heteroatoms. The number of anilines is 1. The van der Waals surface area contributed by atoms with Gasteiger partial charge in [0.1, 0.15) is 0 Å². The maximum absolute atomic E-state index is 4.59. The van der Waals surface area contributed by atoms with Crippen LogP contribution in [0.4, 0.5) is 5.69 Å². The number of hydrogen-bond donors (Lipinski definition) is 0. The van der Waals surface area contributed by atoms with Crippen molar-refractivity contribution in [2.24, 2.45) is 0 Å². The molecule has 0 radical (unpaired) electrons. The van der Waals surface area contributed by atoms with Gasteiger partial charge in [0, 0.05) is 43.7 Å². The van der Waals surface area contributed by atoms with Crippen LogP contribution in [0.3, 0.4) is 0 Å². The van der Waals surface area contributed by atoms with Crippen LogP contribution < -0.4 is 9.47 Å². The second-order valence-electron chi connectivity index (χ2n) is 5.16. The van der Waals surface area contributed by atoms with E-state index < -0.39 is 0 Å². The van der Waals surface area contributed by atoms with Gasteiger partial charge in [-0.3, -0.25) is 4.98 Å². The molecule has 0 saturated heterocycles. The Kier molecular flexibility index (Phi) is 3.11. The molecule has 0 unspecified atom stereocenters. The zero-order valence-corrected chi connectivity index (χ0v) is 12.0. The van der Waals surface area contributed by atoms with Gasteiger partial charge in [0.05, 0.1) is 10.9 Å². The third-order valence-electron chi connectivity index (χ3n) is 3.43. The largest absolute Gasteiger partial charge is 0.377 e. The van der Waals surface area contributed by atoms with E-state index in [4.69, 9.17) is 0 Å². The zero-order valence-electron chi connectivity index (χ0n) is 12.0. The van der Waals surface area contributed by atoms with Gasteiger partial charge in [0.15, 0.2) is 12.4 Å². The van der Waals surface area contributed by atoms with Crippen molar-refractivity contribution in [1.82, 2.24) is 4.98 Å². The van der Waals surface area contributed by atoms with Crippen molar-refractivity contribution in [3.05, 3.63) is 60.6 Å². The summed E-state index contributed by atoms with van der Waals surface area (Å²) >= 11 is 0. The van der Waals surface area contributed by atoms with Crippen LogP contribution in [0.25, 0.3) is 16.6 Å². The van der Waals surface area contributed by atoms with Crippen LogP contribution in [0.5, 0.6) is 0 Å². The fourth-order valence-corrected chi connectivity index (χ4v) is 2.38. The lowest BCUT2D eigenvalue weighted by atomic mass is 10.1. The summed E-state index contributed by atoms with van der Waals surface area (Å²) in [5.74, 6) is 0. The van der Waals surface area contributed by atoms with E-state index >= 15 is 0 Å². The molecule has 1 aromatic carbocycles. The maximum atomic E-state index is 4.59. The first kappa shape index (κ1) is 12.6. The molecule has 2 heterocycles. The highest BCUT2D eigenvalue weighted by atomic mass is 15.1. The molecule has 0 N–H and O–H groups in total. The Balaban J connectivity index is 2.18. The van der Waals surface area contributed by atoms with Gasteiger partial charge in [-0.05, 0) is 19.1 Å². The molecule has 0 bridgehead atoms. The Labute approximate surface area is 119 Å². The Hall–Kier alpha value is -2.42. The maximum Gasteiger partial charge on any atom is 0.221 e. The third kappa shape index (κ3) is 2.23.